The van der Waals surface area contributed by atoms with E-state index in [1.54, 1.807) is 12.2 Å². The van der Waals surface area contributed by atoms with Crippen LogP contribution in [0.5, 0.6) is 0 Å². The molecule has 2 rings (SSSR count). The maximum atomic E-state index is 12.9. The number of aromatic nitrogens is 3. The number of nitrogens with zero attached hydrogens (tertiary/aromatic N) is 3. The molecule has 2 amide bonds. The molecule has 0 saturated heterocycles. The number of halogens is 3. The molecular weight excluding hydrogens is 263 g/mol. The van der Waals surface area contributed by atoms with Gasteiger partial charge in [0.25, 0.3) is 0 Å². The van der Waals surface area contributed by atoms with Crippen molar-refractivity contribution in [2.24, 2.45) is 5.73 Å². The van der Waals surface area contributed by atoms with Crippen molar-refractivity contribution < 1.29 is 18.0 Å². The molecular formula is C10H10F3N5O. The molecule has 1 aromatic heterocycles. The normalized spacial score (nSPS) is 22.5. The lowest BCUT2D eigenvalue weighted by Gasteiger charge is -2.32. The highest BCUT2D eigenvalue weighted by Gasteiger charge is 2.42. The fourth-order valence-corrected chi connectivity index (χ4v) is 1.85. The lowest BCUT2D eigenvalue weighted by Crippen LogP contribution is -2.53. The predicted molar refractivity (Wildman–Crippen MR) is 58.6 cm³/mol. The molecule has 9 heteroatoms. The monoisotopic (exact) mass is 273 g/mol. The van der Waals surface area contributed by atoms with Crippen LogP contribution in [0.15, 0.2) is 30.5 Å². The first-order valence-corrected chi connectivity index (χ1v) is 5.25. The minimum atomic E-state index is -4.63. The minimum Gasteiger partial charge on any atom is -0.352 e. The van der Waals surface area contributed by atoms with Gasteiger partial charge in [-0.15, -0.1) is 5.10 Å². The third kappa shape index (κ3) is 2.44. The van der Waals surface area contributed by atoms with Crippen LogP contribution in [0.1, 0.15) is 12.1 Å². The average molecular weight is 273 g/mol. The molecule has 0 fully saturated rings. The van der Waals surface area contributed by atoms with E-state index in [-0.39, 0.29) is 6.42 Å². The van der Waals surface area contributed by atoms with Crippen LogP contribution in [-0.4, -0.2) is 21.0 Å². The molecule has 1 heterocycles. The van der Waals surface area contributed by atoms with Crippen LogP contribution in [0.3, 0.4) is 0 Å². The third-order valence-corrected chi connectivity index (χ3v) is 2.61. The van der Waals surface area contributed by atoms with Crippen LogP contribution in [0.2, 0.25) is 0 Å². The molecule has 102 valence electrons. The number of amides is 2. The lowest BCUT2D eigenvalue weighted by molar-refractivity contribution is -0.146. The number of carbonyl (C=O) groups is 1. The van der Waals surface area contributed by atoms with E-state index in [9.17, 15) is 18.0 Å². The van der Waals surface area contributed by atoms with E-state index in [2.05, 4.69) is 15.6 Å². The van der Waals surface area contributed by atoms with Gasteiger partial charge in [0.15, 0.2) is 11.4 Å². The summed E-state index contributed by atoms with van der Waals surface area (Å²) in [5.74, 6) is 0. The smallest absolute Gasteiger partial charge is 0.352 e. The summed E-state index contributed by atoms with van der Waals surface area (Å²) >= 11 is 0. The molecule has 0 saturated carbocycles. The second-order valence-corrected chi connectivity index (χ2v) is 3.93. The quantitative estimate of drug-likeness (QED) is 0.847. The fourth-order valence-electron chi connectivity index (χ4n) is 1.85. The van der Waals surface area contributed by atoms with E-state index in [0.29, 0.717) is 10.9 Å². The van der Waals surface area contributed by atoms with Gasteiger partial charge in [-0.25, -0.2) is 9.48 Å². The van der Waals surface area contributed by atoms with Crippen LogP contribution >= 0.6 is 0 Å². The summed E-state index contributed by atoms with van der Waals surface area (Å²) in [6.45, 7) is 0. The minimum absolute atomic E-state index is 0.0822. The molecule has 1 aromatic rings. The van der Waals surface area contributed by atoms with Gasteiger partial charge in [0, 0.05) is 6.42 Å². The first-order valence-electron chi connectivity index (χ1n) is 5.25. The Balaban J connectivity index is 2.51. The Kier molecular flexibility index (Phi) is 3.05. The van der Waals surface area contributed by atoms with Gasteiger partial charge in [0.05, 0.1) is 6.20 Å². The molecule has 0 spiro atoms. The van der Waals surface area contributed by atoms with E-state index < -0.39 is 23.6 Å². The fraction of sp³-hybridized carbons (Fsp3) is 0.300. The molecule has 6 nitrogen and oxygen atoms in total. The second-order valence-electron chi connectivity index (χ2n) is 3.93. The van der Waals surface area contributed by atoms with Crippen molar-refractivity contribution >= 4 is 6.03 Å². The van der Waals surface area contributed by atoms with Crippen molar-refractivity contribution in [3.8, 4) is 0 Å². The lowest BCUT2D eigenvalue weighted by atomic mass is 10.0. The zero-order valence-corrected chi connectivity index (χ0v) is 9.55. The summed E-state index contributed by atoms with van der Waals surface area (Å²) in [5.41, 5.74) is 2.46. The van der Waals surface area contributed by atoms with Crippen LogP contribution < -0.4 is 11.1 Å². The van der Waals surface area contributed by atoms with E-state index >= 15 is 0 Å². The Bertz CT molecular complexity index is 548. The maximum Gasteiger partial charge on any atom is 0.434 e. The summed E-state index contributed by atoms with van der Waals surface area (Å²) in [7, 11) is 0. The average Bonchev–Trinajstić information content (AvgIpc) is 2.78. The molecule has 1 atom stereocenters. The Morgan fingerprint density at radius 3 is 2.74 bits per heavy atom. The zero-order valence-electron chi connectivity index (χ0n) is 9.55. The highest BCUT2D eigenvalue weighted by molar-refractivity contribution is 5.72. The van der Waals surface area contributed by atoms with Crippen molar-refractivity contribution in [3.05, 3.63) is 36.2 Å². The first-order chi connectivity index (χ1) is 8.85. The highest BCUT2D eigenvalue weighted by Crippen LogP contribution is 2.33. The van der Waals surface area contributed by atoms with E-state index in [4.69, 9.17) is 5.73 Å². The van der Waals surface area contributed by atoms with Crippen molar-refractivity contribution in [1.82, 2.24) is 20.3 Å². The number of hydrogen-bond donors (Lipinski definition) is 2. The van der Waals surface area contributed by atoms with Gasteiger partial charge in [0.1, 0.15) is 0 Å². The standard InChI is InChI=1S/C10H10F3N5O/c11-10(12,13)7-6-15-17-18(7)9(16-8(14)19)4-2-1-3-5-9/h1-4,6H,5H2,(H3,14,16,19). The van der Waals surface area contributed by atoms with Crippen LogP contribution in [0, 0.1) is 0 Å². The van der Waals surface area contributed by atoms with Gasteiger partial charge in [0.2, 0.25) is 0 Å². The summed E-state index contributed by atoms with van der Waals surface area (Å²) in [4.78, 5) is 11.0. The number of nitrogens with two attached hydrogens (primary N) is 1. The van der Waals surface area contributed by atoms with Crippen molar-refractivity contribution in [1.29, 1.82) is 0 Å². The molecule has 3 N–H and O–H groups in total. The maximum absolute atomic E-state index is 12.9. The van der Waals surface area contributed by atoms with Crippen LogP contribution in [0.25, 0.3) is 0 Å². The zero-order chi connectivity index (χ0) is 14.1. The second kappa shape index (κ2) is 4.41. The van der Waals surface area contributed by atoms with Crippen LogP contribution in [0.4, 0.5) is 18.0 Å². The third-order valence-electron chi connectivity index (χ3n) is 2.61. The Morgan fingerprint density at radius 2 is 2.21 bits per heavy atom. The summed E-state index contributed by atoms with van der Waals surface area (Å²) in [6, 6.07) is -0.955. The Morgan fingerprint density at radius 1 is 1.47 bits per heavy atom. The van der Waals surface area contributed by atoms with Crippen LogP contribution in [-0.2, 0) is 11.8 Å². The van der Waals surface area contributed by atoms with E-state index in [1.807, 2.05) is 0 Å². The highest BCUT2D eigenvalue weighted by atomic mass is 19.4. The van der Waals surface area contributed by atoms with Gasteiger partial charge in [-0.05, 0) is 6.08 Å². The summed E-state index contributed by atoms with van der Waals surface area (Å²) in [6.07, 6.45) is 2.16. The van der Waals surface area contributed by atoms with Gasteiger partial charge in [-0.2, -0.15) is 13.2 Å². The SMILES string of the molecule is NC(=O)NC1(n2nncc2C(F)(F)F)C=CC=CC1. The number of hydrogen-bond acceptors (Lipinski definition) is 3. The number of primary amides is 1. The van der Waals surface area contributed by atoms with E-state index in [0.717, 1.165) is 0 Å². The van der Waals surface area contributed by atoms with Gasteiger partial charge < -0.3 is 11.1 Å². The number of allylic oxidation sites excluding steroid dienone is 2. The molecule has 0 aliphatic heterocycles. The summed E-state index contributed by atoms with van der Waals surface area (Å²) < 4.78 is 39.2. The molecule has 19 heavy (non-hydrogen) atoms. The molecule has 1 unspecified atom stereocenters. The number of alkyl halides is 3. The van der Waals surface area contributed by atoms with Crippen molar-refractivity contribution in [2.75, 3.05) is 0 Å². The largest absolute Gasteiger partial charge is 0.434 e. The van der Waals surface area contributed by atoms with Gasteiger partial charge in [-0.3, -0.25) is 0 Å². The molecule has 0 bridgehead atoms. The van der Waals surface area contributed by atoms with Gasteiger partial charge in [-0.1, -0.05) is 23.4 Å². The van der Waals surface area contributed by atoms with E-state index in [1.165, 1.54) is 12.2 Å². The predicted octanol–water partition coefficient (Wildman–Crippen LogP) is 1.13. The first kappa shape index (κ1) is 13.1. The Hall–Kier alpha value is -2.32. The number of rotatable bonds is 2. The molecule has 0 radical (unpaired) electrons. The number of urea groups is 1. The topological polar surface area (TPSA) is 85.8 Å². The summed E-state index contributed by atoms with van der Waals surface area (Å²) in [5, 5.41) is 8.95. The van der Waals surface area contributed by atoms with Crippen molar-refractivity contribution in [2.45, 2.75) is 18.3 Å². The molecule has 0 aromatic carbocycles. The van der Waals surface area contributed by atoms with Gasteiger partial charge >= 0.3 is 12.2 Å². The Labute approximate surface area is 105 Å². The molecule has 1 aliphatic rings. The van der Waals surface area contributed by atoms with Crippen molar-refractivity contribution in [3.63, 3.8) is 0 Å². The number of nitrogens with one attached hydrogen (secondary N) is 1. The molecule has 1 aliphatic carbocycles. The number of carbonyl (C=O) groups excluding carboxylic acids is 1.